The van der Waals surface area contributed by atoms with Gasteiger partial charge in [0.2, 0.25) is 0 Å². The Hall–Kier alpha value is -1.77. The van der Waals surface area contributed by atoms with Gasteiger partial charge in [0, 0.05) is 11.8 Å². The van der Waals surface area contributed by atoms with Gasteiger partial charge >= 0.3 is 0 Å². The smallest absolute Gasteiger partial charge is 0.168 e. The molecule has 0 aliphatic carbocycles. The number of aromatic nitrogens is 1. The molecule has 0 spiro atoms. The highest BCUT2D eigenvalue weighted by molar-refractivity contribution is 5.71. The second-order valence-corrected chi connectivity index (χ2v) is 3.01. The van der Waals surface area contributed by atoms with E-state index in [9.17, 15) is 15.0 Å². The first kappa shape index (κ1) is 11.3. The molecule has 0 saturated carbocycles. The highest BCUT2D eigenvalue weighted by atomic mass is 16.3. The number of rotatable bonds is 4. The Bertz CT molecular complexity index is 369. The maximum Gasteiger partial charge on any atom is 0.168 e. The van der Waals surface area contributed by atoms with Crippen molar-refractivity contribution in [1.29, 1.82) is 5.26 Å². The topological polar surface area (TPSA) is 94.2 Å². The van der Waals surface area contributed by atoms with Crippen molar-refractivity contribution in [3.63, 3.8) is 0 Å². The molecule has 78 valence electrons. The molecule has 0 bridgehead atoms. The minimum Gasteiger partial charge on any atom is -0.389 e. The zero-order valence-corrected chi connectivity index (χ0v) is 7.87. The molecule has 0 radical (unpaired) electrons. The molecule has 0 saturated heterocycles. The van der Waals surface area contributed by atoms with E-state index in [0.717, 1.165) is 0 Å². The van der Waals surface area contributed by atoms with Gasteiger partial charge in [-0.15, -0.1) is 0 Å². The molecule has 15 heavy (non-hydrogen) atoms. The molecule has 0 aliphatic rings. The fourth-order valence-electron chi connectivity index (χ4n) is 1.09. The number of nitriles is 1. The number of aliphatic hydroxyl groups excluding tert-OH is 2. The summed E-state index contributed by atoms with van der Waals surface area (Å²) in [5.74, 6) is 0. The number of carbonyl (C=O) groups excluding carboxylic acids is 1. The van der Waals surface area contributed by atoms with Gasteiger partial charge in [0.25, 0.3) is 0 Å². The van der Waals surface area contributed by atoms with Crippen LogP contribution < -0.4 is 0 Å². The van der Waals surface area contributed by atoms with Crippen LogP contribution in [0.25, 0.3) is 0 Å². The van der Waals surface area contributed by atoms with Crippen LogP contribution in [0.3, 0.4) is 0 Å². The first-order valence-corrected chi connectivity index (χ1v) is 4.33. The monoisotopic (exact) mass is 206 g/mol. The number of hydrogen-bond acceptors (Lipinski definition) is 5. The molecule has 0 aliphatic heterocycles. The molecule has 1 heterocycles. The minimum absolute atomic E-state index is 0.156. The van der Waals surface area contributed by atoms with Crippen molar-refractivity contribution in [2.45, 2.75) is 18.6 Å². The van der Waals surface area contributed by atoms with Gasteiger partial charge in [-0.05, 0) is 6.07 Å². The first-order valence-electron chi connectivity index (χ1n) is 4.33. The predicted molar refractivity (Wildman–Crippen MR) is 50.8 cm³/mol. The van der Waals surface area contributed by atoms with E-state index in [1.54, 1.807) is 6.07 Å². The van der Waals surface area contributed by atoms with Crippen LogP contribution in [0, 0.1) is 11.3 Å². The van der Waals surface area contributed by atoms with E-state index in [-0.39, 0.29) is 12.1 Å². The molecule has 0 fully saturated rings. The summed E-state index contributed by atoms with van der Waals surface area (Å²) >= 11 is 0. The molecule has 0 amide bonds. The van der Waals surface area contributed by atoms with Crippen LogP contribution in [0.1, 0.15) is 28.6 Å². The van der Waals surface area contributed by atoms with E-state index in [1.807, 2.05) is 0 Å². The Labute approximate surface area is 86.6 Å². The van der Waals surface area contributed by atoms with E-state index in [4.69, 9.17) is 5.26 Å². The summed E-state index contributed by atoms with van der Waals surface area (Å²) in [6, 6.07) is 4.68. The van der Waals surface area contributed by atoms with Crippen LogP contribution in [-0.2, 0) is 0 Å². The fraction of sp³-hybridized carbons (Fsp3) is 0.300. The Kier molecular flexibility index (Phi) is 3.92. The van der Waals surface area contributed by atoms with E-state index in [0.29, 0.717) is 11.8 Å². The van der Waals surface area contributed by atoms with E-state index < -0.39 is 12.2 Å². The zero-order valence-electron chi connectivity index (χ0n) is 7.87. The molecule has 5 nitrogen and oxygen atoms in total. The average molecular weight is 206 g/mol. The predicted octanol–water partition coefficient (Wildman–Crippen LogP) is 0.202. The van der Waals surface area contributed by atoms with Crippen molar-refractivity contribution < 1.29 is 15.0 Å². The number of aliphatic hydroxyl groups is 2. The van der Waals surface area contributed by atoms with Gasteiger partial charge in [-0.2, -0.15) is 5.26 Å². The number of carbonyl (C=O) groups is 1. The Morgan fingerprint density at radius 3 is 2.73 bits per heavy atom. The van der Waals surface area contributed by atoms with Gasteiger partial charge in [-0.25, -0.2) is 0 Å². The molecule has 5 heteroatoms. The van der Waals surface area contributed by atoms with Crippen LogP contribution in [0.5, 0.6) is 0 Å². The summed E-state index contributed by atoms with van der Waals surface area (Å²) in [7, 11) is 0. The van der Waals surface area contributed by atoms with Crippen molar-refractivity contribution in [1.82, 2.24) is 4.98 Å². The largest absolute Gasteiger partial charge is 0.389 e. The van der Waals surface area contributed by atoms with Gasteiger partial charge in [0.05, 0.1) is 18.6 Å². The first-order chi connectivity index (χ1) is 7.19. The standard InChI is InChI=1S/C10H10N2O3/c11-4-3-9(14)10(15)7-1-2-8(6-13)12-5-7/h1-2,5-6,9-10,14-15H,3H2. The van der Waals surface area contributed by atoms with Crippen molar-refractivity contribution in [2.24, 2.45) is 0 Å². The zero-order chi connectivity index (χ0) is 11.3. The quantitative estimate of drug-likeness (QED) is 0.686. The third kappa shape index (κ3) is 2.84. The molecule has 1 rings (SSSR count). The number of pyridine rings is 1. The number of nitrogens with zero attached hydrogens (tertiary/aromatic N) is 2. The molecule has 1 aromatic heterocycles. The molecule has 2 N–H and O–H groups in total. The summed E-state index contributed by atoms with van der Waals surface area (Å²) in [5, 5.41) is 27.2. The summed E-state index contributed by atoms with van der Waals surface area (Å²) in [4.78, 5) is 14.0. The molecular formula is C10H10N2O3. The van der Waals surface area contributed by atoms with Gasteiger partial charge in [0.15, 0.2) is 6.29 Å². The molecule has 2 unspecified atom stereocenters. The normalized spacial score (nSPS) is 13.9. The summed E-state index contributed by atoms with van der Waals surface area (Å²) in [5.41, 5.74) is 0.629. The second kappa shape index (κ2) is 5.20. The third-order valence-electron chi connectivity index (χ3n) is 1.94. The Balaban J connectivity index is 2.78. The third-order valence-corrected chi connectivity index (χ3v) is 1.94. The maximum atomic E-state index is 10.3. The lowest BCUT2D eigenvalue weighted by molar-refractivity contribution is 0.0214. The Morgan fingerprint density at radius 1 is 1.53 bits per heavy atom. The summed E-state index contributed by atoms with van der Waals surface area (Å²) in [6.07, 6.45) is -0.565. The van der Waals surface area contributed by atoms with E-state index >= 15 is 0 Å². The molecule has 2 atom stereocenters. The highest BCUT2D eigenvalue weighted by Crippen LogP contribution is 2.17. The van der Waals surface area contributed by atoms with Gasteiger partial charge in [-0.3, -0.25) is 9.78 Å². The van der Waals surface area contributed by atoms with Crippen LogP contribution in [0.4, 0.5) is 0 Å². The van der Waals surface area contributed by atoms with Crippen LogP contribution in [0.15, 0.2) is 18.3 Å². The molecule has 0 aromatic carbocycles. The van der Waals surface area contributed by atoms with Crippen molar-refractivity contribution in [2.75, 3.05) is 0 Å². The molecule has 1 aromatic rings. The van der Waals surface area contributed by atoms with Crippen molar-refractivity contribution >= 4 is 6.29 Å². The van der Waals surface area contributed by atoms with Crippen LogP contribution in [-0.4, -0.2) is 27.6 Å². The van der Waals surface area contributed by atoms with Gasteiger partial charge in [0.1, 0.15) is 11.8 Å². The average Bonchev–Trinajstić information content (AvgIpc) is 2.28. The maximum absolute atomic E-state index is 10.3. The van der Waals surface area contributed by atoms with E-state index in [2.05, 4.69) is 4.98 Å². The number of aldehydes is 1. The lowest BCUT2D eigenvalue weighted by atomic mass is 10.0. The lowest BCUT2D eigenvalue weighted by Crippen LogP contribution is -2.17. The lowest BCUT2D eigenvalue weighted by Gasteiger charge is -2.14. The SMILES string of the molecule is N#CCC(O)C(O)c1ccc(C=O)nc1. The van der Waals surface area contributed by atoms with Crippen LogP contribution >= 0.6 is 0 Å². The van der Waals surface area contributed by atoms with Gasteiger partial charge in [-0.1, -0.05) is 6.07 Å². The Morgan fingerprint density at radius 2 is 2.27 bits per heavy atom. The minimum atomic E-state index is -1.15. The second-order valence-electron chi connectivity index (χ2n) is 3.01. The molecular weight excluding hydrogens is 196 g/mol. The number of hydrogen-bond donors (Lipinski definition) is 2. The summed E-state index contributed by atoms with van der Waals surface area (Å²) in [6.45, 7) is 0. The van der Waals surface area contributed by atoms with E-state index in [1.165, 1.54) is 18.3 Å². The highest BCUT2D eigenvalue weighted by Gasteiger charge is 2.18. The van der Waals surface area contributed by atoms with Crippen molar-refractivity contribution in [3.8, 4) is 6.07 Å². The summed E-state index contributed by atoms with van der Waals surface area (Å²) < 4.78 is 0. The fourth-order valence-corrected chi connectivity index (χ4v) is 1.09. The van der Waals surface area contributed by atoms with Crippen molar-refractivity contribution in [3.05, 3.63) is 29.6 Å². The van der Waals surface area contributed by atoms with Gasteiger partial charge < -0.3 is 10.2 Å². The van der Waals surface area contributed by atoms with Crippen LogP contribution in [0.2, 0.25) is 0 Å².